The topological polar surface area (TPSA) is 99.4 Å². The molecule has 4 aromatic carbocycles. The lowest BCUT2D eigenvalue weighted by Gasteiger charge is -2.13. The Bertz CT molecular complexity index is 1850. The van der Waals surface area contributed by atoms with Crippen molar-refractivity contribution in [2.24, 2.45) is 0 Å². The maximum Gasteiger partial charge on any atom is 0.336 e. The van der Waals surface area contributed by atoms with Crippen LogP contribution in [0, 0.1) is 0 Å². The molecule has 1 N–H and O–H groups in total. The summed E-state index contributed by atoms with van der Waals surface area (Å²) in [6.45, 7) is 2.65. The highest BCUT2D eigenvalue weighted by Gasteiger charge is 2.23. The van der Waals surface area contributed by atoms with Gasteiger partial charge in [-0.05, 0) is 53.4 Å². The van der Waals surface area contributed by atoms with Gasteiger partial charge in [0.05, 0.1) is 5.56 Å². The van der Waals surface area contributed by atoms with Crippen LogP contribution in [0.5, 0.6) is 23.3 Å². The van der Waals surface area contributed by atoms with Crippen LogP contribution in [0.3, 0.4) is 0 Å². The van der Waals surface area contributed by atoms with Crippen molar-refractivity contribution < 1.29 is 19.4 Å². The van der Waals surface area contributed by atoms with Crippen molar-refractivity contribution in [3.63, 3.8) is 0 Å². The minimum atomic E-state index is -0.953. The number of aromatic nitrogens is 4. The van der Waals surface area contributed by atoms with Gasteiger partial charge in [-0.15, -0.1) is 10.2 Å². The van der Waals surface area contributed by atoms with E-state index in [1.807, 2.05) is 97.1 Å². The van der Waals surface area contributed by atoms with Crippen molar-refractivity contribution in [2.75, 3.05) is 0 Å². The number of aryl methyl sites for hydroxylation is 1. The van der Waals surface area contributed by atoms with Crippen LogP contribution in [0.25, 0.3) is 22.2 Å². The van der Waals surface area contributed by atoms with Crippen molar-refractivity contribution in [3.8, 4) is 34.4 Å². The molecule has 0 amide bonds. The molecule has 0 aliphatic heterocycles. The zero-order chi connectivity index (χ0) is 29.6. The number of hydrogen-bond acceptors (Lipinski definition) is 6. The van der Waals surface area contributed by atoms with E-state index in [1.165, 1.54) is 0 Å². The number of fused-ring (bicyclic) bond motifs is 1. The molecule has 0 radical (unpaired) electrons. The first-order valence-electron chi connectivity index (χ1n) is 14.2. The molecule has 43 heavy (non-hydrogen) atoms. The summed E-state index contributed by atoms with van der Waals surface area (Å²) < 4.78 is 14.5. The van der Waals surface area contributed by atoms with E-state index >= 15 is 0 Å². The highest BCUT2D eigenvalue weighted by molar-refractivity contribution is 5.96. The van der Waals surface area contributed by atoms with Crippen LogP contribution in [0.1, 0.15) is 41.5 Å². The molecular weight excluding hydrogens is 540 g/mol. The van der Waals surface area contributed by atoms with Gasteiger partial charge < -0.3 is 19.1 Å². The number of carboxylic acid groups (broad SMARTS) is 1. The molecule has 2 heterocycles. The van der Waals surface area contributed by atoms with Gasteiger partial charge in [0.25, 0.3) is 11.8 Å². The van der Waals surface area contributed by atoms with Crippen molar-refractivity contribution in [1.29, 1.82) is 0 Å². The number of carboxylic acids is 1. The molecule has 8 heteroatoms. The van der Waals surface area contributed by atoms with Crippen LogP contribution in [0.15, 0.2) is 109 Å². The van der Waals surface area contributed by atoms with Crippen LogP contribution in [0.2, 0.25) is 0 Å². The monoisotopic (exact) mass is 570 g/mol. The van der Waals surface area contributed by atoms with Crippen LogP contribution in [-0.4, -0.2) is 30.8 Å². The molecule has 0 fully saturated rings. The van der Waals surface area contributed by atoms with E-state index in [0.717, 1.165) is 36.2 Å². The van der Waals surface area contributed by atoms with Gasteiger partial charge in [-0.25, -0.2) is 9.78 Å². The number of unbranched alkanes of at least 4 members (excludes halogenated alkanes) is 1. The van der Waals surface area contributed by atoms with Crippen molar-refractivity contribution >= 4 is 17.0 Å². The van der Waals surface area contributed by atoms with Crippen LogP contribution < -0.4 is 9.47 Å². The Morgan fingerprint density at radius 3 is 2.02 bits per heavy atom. The van der Waals surface area contributed by atoms with Gasteiger partial charge >= 0.3 is 5.97 Å². The molecule has 0 aliphatic carbocycles. The number of ether oxygens (including phenoxy) is 2. The Labute approximate surface area is 249 Å². The van der Waals surface area contributed by atoms with E-state index in [-0.39, 0.29) is 5.56 Å². The molecular formula is C35H30N4O4. The second-order valence-corrected chi connectivity index (χ2v) is 10.1. The number of hydrogen-bond donors (Lipinski definition) is 1. The first kappa shape index (κ1) is 27.7. The maximum absolute atomic E-state index is 11.8. The van der Waals surface area contributed by atoms with Crippen LogP contribution >= 0.6 is 0 Å². The van der Waals surface area contributed by atoms with Gasteiger partial charge in [0.1, 0.15) is 22.8 Å². The second-order valence-electron chi connectivity index (χ2n) is 10.1. The summed E-state index contributed by atoms with van der Waals surface area (Å²) in [6, 6.07) is 33.9. The molecule has 214 valence electrons. The first-order valence-corrected chi connectivity index (χ1v) is 14.2. The summed E-state index contributed by atoms with van der Waals surface area (Å²) in [4.78, 5) is 16.8. The average molecular weight is 571 g/mol. The largest absolute Gasteiger partial charge is 0.478 e. The number of benzene rings is 4. The zero-order valence-electron chi connectivity index (χ0n) is 23.7. The molecule has 0 atom stereocenters. The lowest BCUT2D eigenvalue weighted by molar-refractivity contribution is 0.0697. The predicted octanol–water partition coefficient (Wildman–Crippen LogP) is 8.17. The van der Waals surface area contributed by atoms with Gasteiger partial charge in [-0.3, -0.25) is 0 Å². The highest BCUT2D eigenvalue weighted by atomic mass is 16.5. The van der Waals surface area contributed by atoms with Crippen molar-refractivity contribution in [1.82, 2.24) is 19.7 Å². The number of nitrogens with zero attached hydrogens (tertiary/aromatic N) is 4. The lowest BCUT2D eigenvalue weighted by Crippen LogP contribution is -2.07. The standard InChI is InChI=1S/C35H30N4O4/c1-2-3-18-30-36-31-32(39(30)23-24-19-21-25(22-20-24)28-16-10-11-17-29(28)35(40)41)34(43-27-14-8-5-9-15-27)38-37-33(31)42-26-12-6-4-7-13-26/h4-17,19-22H,2-3,18,23H2,1H3,(H,40,41). The highest BCUT2D eigenvalue weighted by Crippen LogP contribution is 2.35. The fourth-order valence-electron chi connectivity index (χ4n) is 4.98. The third-order valence-corrected chi connectivity index (χ3v) is 7.12. The summed E-state index contributed by atoms with van der Waals surface area (Å²) in [5, 5.41) is 18.5. The SMILES string of the molecule is CCCCc1nc2c(Oc3ccccc3)nnc(Oc3ccccc3)c2n1Cc1ccc(-c2ccccc2C(=O)O)cc1. The van der Waals surface area contributed by atoms with Crippen LogP contribution in [-0.2, 0) is 13.0 Å². The minimum Gasteiger partial charge on any atom is -0.478 e. The quantitative estimate of drug-likeness (QED) is 0.168. The smallest absolute Gasteiger partial charge is 0.336 e. The first-order chi connectivity index (χ1) is 21.1. The Morgan fingerprint density at radius 2 is 1.37 bits per heavy atom. The summed E-state index contributed by atoms with van der Waals surface area (Å²) in [7, 11) is 0. The van der Waals surface area contributed by atoms with Gasteiger partial charge in [-0.1, -0.05) is 92.2 Å². The maximum atomic E-state index is 11.8. The number of carbonyl (C=O) groups is 1. The Morgan fingerprint density at radius 1 is 0.767 bits per heavy atom. The third-order valence-electron chi connectivity index (χ3n) is 7.12. The Hall–Kier alpha value is -5.50. The van der Waals surface area contributed by atoms with Gasteiger partial charge in [0.15, 0.2) is 5.52 Å². The summed E-state index contributed by atoms with van der Waals surface area (Å²) in [5.74, 6) is 1.84. The van der Waals surface area contributed by atoms with Crippen molar-refractivity contribution in [2.45, 2.75) is 32.7 Å². The molecule has 0 bridgehead atoms. The van der Waals surface area contributed by atoms with E-state index in [1.54, 1.807) is 12.1 Å². The second kappa shape index (κ2) is 12.6. The Kier molecular flexibility index (Phi) is 8.08. The molecule has 6 aromatic rings. The number of aromatic carboxylic acids is 1. The summed E-state index contributed by atoms with van der Waals surface area (Å²) in [6.07, 6.45) is 2.72. The molecule has 0 aliphatic rings. The molecule has 0 saturated carbocycles. The molecule has 8 nitrogen and oxygen atoms in total. The van der Waals surface area contributed by atoms with E-state index in [0.29, 0.717) is 46.4 Å². The average Bonchev–Trinajstić information content (AvgIpc) is 3.41. The van der Waals surface area contributed by atoms with Gasteiger partial charge in [-0.2, -0.15) is 0 Å². The number of rotatable bonds is 11. The summed E-state index contributed by atoms with van der Waals surface area (Å²) in [5.41, 5.74) is 4.06. The van der Waals surface area contributed by atoms with Gasteiger partial charge in [0, 0.05) is 13.0 Å². The molecule has 2 aromatic heterocycles. The third kappa shape index (κ3) is 6.08. The normalized spacial score (nSPS) is 11.0. The van der Waals surface area contributed by atoms with E-state index in [9.17, 15) is 9.90 Å². The predicted molar refractivity (Wildman–Crippen MR) is 165 cm³/mol. The minimum absolute atomic E-state index is 0.268. The fourth-order valence-corrected chi connectivity index (χ4v) is 4.98. The number of imidazole rings is 1. The zero-order valence-corrected chi connectivity index (χ0v) is 23.7. The molecule has 0 spiro atoms. The molecule has 0 saturated heterocycles. The van der Waals surface area contributed by atoms with Gasteiger partial charge in [0.2, 0.25) is 0 Å². The van der Waals surface area contributed by atoms with E-state index in [2.05, 4.69) is 21.7 Å². The lowest BCUT2D eigenvalue weighted by atomic mass is 9.99. The van der Waals surface area contributed by atoms with E-state index in [4.69, 9.17) is 14.5 Å². The fraction of sp³-hybridized carbons (Fsp3) is 0.143. The summed E-state index contributed by atoms with van der Waals surface area (Å²) >= 11 is 0. The Balaban J connectivity index is 1.44. The molecule has 6 rings (SSSR count). The van der Waals surface area contributed by atoms with Crippen LogP contribution in [0.4, 0.5) is 0 Å². The van der Waals surface area contributed by atoms with E-state index < -0.39 is 5.97 Å². The number of para-hydroxylation sites is 2. The van der Waals surface area contributed by atoms with Crippen molar-refractivity contribution in [3.05, 3.63) is 126 Å². The molecule has 0 unspecified atom stereocenters.